The quantitative estimate of drug-likeness (QED) is 0.171. The zero-order valence-corrected chi connectivity index (χ0v) is 36.0. The third-order valence-electron chi connectivity index (χ3n) is 15.6. The van der Waals surface area contributed by atoms with Gasteiger partial charge < -0.3 is 0 Å². The molecule has 4 saturated carbocycles. The van der Waals surface area contributed by atoms with Gasteiger partial charge in [0.25, 0.3) is 0 Å². The lowest BCUT2D eigenvalue weighted by atomic mass is 9.41. The van der Waals surface area contributed by atoms with E-state index in [2.05, 4.69) is 154 Å². The van der Waals surface area contributed by atoms with E-state index in [4.69, 9.17) is 9.98 Å². The van der Waals surface area contributed by atoms with E-state index in [1.54, 1.807) is 0 Å². The van der Waals surface area contributed by atoms with Crippen LogP contribution < -0.4 is 0 Å². The average Bonchev–Trinajstić information content (AvgIpc) is 3.75. The van der Waals surface area contributed by atoms with Crippen LogP contribution >= 0.6 is 11.3 Å². The summed E-state index contributed by atoms with van der Waals surface area (Å²) in [6.45, 7) is 7.01. The number of rotatable bonds is 5. The molecule has 4 bridgehead atoms. The number of aliphatic imine (C=N–C) groups is 2. The molecule has 3 nitrogen and oxygen atoms in total. The van der Waals surface area contributed by atoms with Gasteiger partial charge in [-0.25, -0.2) is 9.98 Å². The van der Waals surface area contributed by atoms with Crippen molar-refractivity contribution in [1.82, 2.24) is 0 Å². The highest BCUT2D eigenvalue weighted by Gasteiger charge is 2.58. The Morgan fingerprint density at radius 2 is 1.28 bits per heavy atom. The van der Waals surface area contributed by atoms with Gasteiger partial charge in [-0.1, -0.05) is 130 Å². The third-order valence-corrected chi connectivity index (χ3v) is 16.7. The third kappa shape index (κ3) is 5.80. The van der Waals surface area contributed by atoms with Gasteiger partial charge in [0.15, 0.2) is 5.84 Å². The van der Waals surface area contributed by atoms with E-state index in [-0.39, 0.29) is 22.2 Å². The smallest absolute Gasteiger partial charge is 0.160 e. The standard InChI is InChI=1S/C57H49N3S/c1-35-13-24-50(59-54(39-9-5-4-6-10-39)60-53(35)41-17-21-45-44-11-7-8-12-48(44)55(2,3)49(45)26-41)40-16-22-46-47-23-20-43(28-52(47)61-51(46)27-40)57-31-37-25-38(32-57)30-56(29-37,34-57)42-18-14-36(33-58)15-19-42/h4-12,14-24,26-28,35,37-38H,13,25,29-32,34H2,1-3H3/b50-24+,59-54-,60-53+. The lowest BCUT2D eigenvalue weighted by Gasteiger charge is -2.62. The van der Waals surface area contributed by atoms with Gasteiger partial charge in [-0.15, -0.1) is 11.3 Å². The Bertz CT molecular complexity index is 3070. The highest BCUT2D eigenvalue weighted by Crippen LogP contribution is 2.66. The number of thiophene rings is 1. The van der Waals surface area contributed by atoms with E-state index in [1.807, 2.05) is 23.5 Å². The highest BCUT2D eigenvalue weighted by molar-refractivity contribution is 7.25. The van der Waals surface area contributed by atoms with Crippen LogP contribution in [0, 0.1) is 29.1 Å². The fraction of sp³-hybridized carbons (Fsp3) is 0.281. The molecule has 0 spiro atoms. The van der Waals surface area contributed by atoms with Crippen molar-refractivity contribution in [2.24, 2.45) is 27.7 Å². The van der Waals surface area contributed by atoms with E-state index in [0.29, 0.717) is 0 Å². The minimum atomic E-state index is -0.0750. The summed E-state index contributed by atoms with van der Waals surface area (Å²) in [7, 11) is 0. The number of benzene rings is 6. The lowest BCUT2D eigenvalue weighted by Crippen LogP contribution is -2.55. The minimum Gasteiger partial charge on any atom is -0.232 e. The van der Waals surface area contributed by atoms with Crippen molar-refractivity contribution in [3.8, 4) is 17.2 Å². The van der Waals surface area contributed by atoms with Crippen LogP contribution in [0.25, 0.3) is 37.0 Å². The van der Waals surface area contributed by atoms with Crippen molar-refractivity contribution >= 4 is 48.8 Å². The Kier molecular flexibility index (Phi) is 8.20. The molecule has 1 aliphatic heterocycles. The van der Waals surface area contributed by atoms with E-state index in [1.165, 1.54) is 97.6 Å². The van der Waals surface area contributed by atoms with Crippen LogP contribution in [-0.4, -0.2) is 11.5 Å². The van der Waals surface area contributed by atoms with Crippen LogP contribution in [0.4, 0.5) is 0 Å². The molecule has 7 aromatic rings. The van der Waals surface area contributed by atoms with Gasteiger partial charge in [0.05, 0.1) is 23.0 Å². The Hall–Kier alpha value is -5.89. The van der Waals surface area contributed by atoms with Crippen molar-refractivity contribution in [3.05, 3.63) is 184 Å². The summed E-state index contributed by atoms with van der Waals surface area (Å²) in [4.78, 5) is 10.9. The lowest BCUT2D eigenvalue weighted by molar-refractivity contribution is -0.0280. The molecule has 5 aliphatic carbocycles. The van der Waals surface area contributed by atoms with Crippen LogP contribution in [0.2, 0.25) is 0 Å². The summed E-state index contributed by atoms with van der Waals surface area (Å²) >= 11 is 1.93. The number of hydrogen-bond acceptors (Lipinski definition) is 4. The Labute approximate surface area is 363 Å². The maximum absolute atomic E-state index is 9.49. The van der Waals surface area contributed by atoms with E-state index < -0.39 is 0 Å². The topological polar surface area (TPSA) is 48.5 Å². The molecule has 61 heavy (non-hydrogen) atoms. The molecule has 4 fully saturated rings. The number of amidine groups is 1. The first-order valence-electron chi connectivity index (χ1n) is 22.3. The summed E-state index contributed by atoms with van der Waals surface area (Å²) in [5.41, 5.74) is 15.0. The Balaban J connectivity index is 0.902. The molecule has 13 rings (SSSR count). The van der Waals surface area contributed by atoms with Crippen LogP contribution in [-0.2, 0) is 16.2 Å². The van der Waals surface area contributed by atoms with Crippen molar-refractivity contribution < 1.29 is 0 Å². The summed E-state index contributed by atoms with van der Waals surface area (Å²) in [6.07, 6.45) is 11.0. The summed E-state index contributed by atoms with van der Waals surface area (Å²) in [6, 6.07) is 51.7. The van der Waals surface area contributed by atoms with E-state index in [9.17, 15) is 5.26 Å². The fourth-order valence-electron chi connectivity index (χ4n) is 13.0. The number of hydrogen-bond donors (Lipinski definition) is 0. The zero-order chi connectivity index (χ0) is 41.1. The van der Waals surface area contributed by atoms with Crippen molar-refractivity contribution in [2.75, 3.05) is 0 Å². The normalized spacial score (nSPS) is 28.4. The molecule has 6 aliphatic rings. The molecule has 3 atom stereocenters. The second kappa shape index (κ2) is 13.6. The van der Waals surface area contributed by atoms with Gasteiger partial charge in [-0.3, -0.25) is 0 Å². The molecule has 1 aromatic heterocycles. The van der Waals surface area contributed by atoms with Gasteiger partial charge in [0.1, 0.15) is 0 Å². The van der Waals surface area contributed by atoms with Crippen LogP contribution in [0.15, 0.2) is 150 Å². The molecular formula is C57H49N3S. The van der Waals surface area contributed by atoms with Crippen molar-refractivity contribution in [3.63, 3.8) is 0 Å². The molecular weight excluding hydrogens is 759 g/mol. The first-order chi connectivity index (χ1) is 29.7. The van der Waals surface area contributed by atoms with Gasteiger partial charge >= 0.3 is 0 Å². The van der Waals surface area contributed by atoms with Gasteiger partial charge in [0, 0.05) is 42.6 Å². The Morgan fingerprint density at radius 1 is 0.623 bits per heavy atom. The van der Waals surface area contributed by atoms with Gasteiger partial charge in [0.2, 0.25) is 0 Å². The number of allylic oxidation sites excluding steroid dienone is 1. The molecule has 0 saturated heterocycles. The number of nitriles is 1. The molecule has 6 aromatic carbocycles. The largest absolute Gasteiger partial charge is 0.232 e. The number of nitrogens with zero attached hydrogens (tertiary/aromatic N) is 3. The highest BCUT2D eigenvalue weighted by atomic mass is 32.1. The molecule has 2 heterocycles. The average molecular weight is 808 g/mol. The molecule has 3 unspecified atom stereocenters. The van der Waals surface area contributed by atoms with Gasteiger partial charge in [-0.2, -0.15) is 5.26 Å². The Morgan fingerprint density at radius 3 is 2.05 bits per heavy atom. The first kappa shape index (κ1) is 36.9. The molecule has 0 radical (unpaired) electrons. The summed E-state index contributed by atoms with van der Waals surface area (Å²) in [5.74, 6) is 2.50. The van der Waals surface area contributed by atoms with Crippen LogP contribution in [0.3, 0.4) is 0 Å². The maximum Gasteiger partial charge on any atom is 0.160 e. The fourth-order valence-corrected chi connectivity index (χ4v) is 14.2. The van der Waals surface area contributed by atoms with Crippen LogP contribution in [0.1, 0.15) is 110 Å². The second-order valence-corrected chi connectivity index (χ2v) is 20.8. The van der Waals surface area contributed by atoms with Crippen molar-refractivity contribution in [2.45, 2.75) is 82.0 Å². The van der Waals surface area contributed by atoms with Crippen molar-refractivity contribution in [1.29, 1.82) is 5.26 Å². The first-order valence-corrected chi connectivity index (χ1v) is 23.2. The van der Waals surface area contributed by atoms with Gasteiger partial charge in [-0.05, 0) is 137 Å². The predicted octanol–water partition coefficient (Wildman–Crippen LogP) is 14.3. The van der Waals surface area contributed by atoms with Crippen LogP contribution in [0.5, 0.6) is 0 Å². The summed E-state index contributed by atoms with van der Waals surface area (Å²) in [5, 5.41) is 12.2. The SMILES string of the molecule is CC1C/C=C(c2ccc3c(c2)sc2cc(C45CC6CC(CC(c7ccc(C#N)cc7)(C6)C4)C5)ccc23)/N=C(c2ccccc2)\N=C/1c1ccc2c(c1)C(C)(C)c1ccccc1-2. The molecule has 0 amide bonds. The molecule has 0 N–H and O–H groups in total. The second-order valence-electron chi connectivity index (χ2n) is 19.7. The summed E-state index contributed by atoms with van der Waals surface area (Å²) < 4.78 is 2.69. The van der Waals surface area contributed by atoms with E-state index >= 15 is 0 Å². The monoisotopic (exact) mass is 807 g/mol. The maximum atomic E-state index is 9.49. The molecule has 4 heteroatoms. The minimum absolute atomic E-state index is 0.0750. The van der Waals surface area contributed by atoms with E-state index in [0.717, 1.165) is 52.2 Å². The zero-order valence-electron chi connectivity index (χ0n) is 35.2. The number of fused-ring (bicyclic) bond motifs is 6. The molecule has 298 valence electrons. The predicted molar refractivity (Wildman–Crippen MR) is 254 cm³/mol.